The van der Waals surface area contributed by atoms with Crippen LogP contribution >= 0.6 is 0 Å². The molecule has 2 aromatic heterocycles. The van der Waals surface area contributed by atoms with Crippen molar-refractivity contribution < 1.29 is 4.79 Å². The Kier molecular flexibility index (Phi) is 4.71. The van der Waals surface area contributed by atoms with Crippen LogP contribution in [0.4, 0.5) is 10.5 Å². The van der Waals surface area contributed by atoms with Gasteiger partial charge in [0.2, 0.25) is 0 Å². The lowest BCUT2D eigenvalue weighted by Gasteiger charge is -2.35. The predicted octanol–water partition coefficient (Wildman–Crippen LogP) is 4.40. The van der Waals surface area contributed by atoms with E-state index in [0.29, 0.717) is 0 Å². The Morgan fingerprint density at radius 1 is 1.11 bits per heavy atom. The van der Waals surface area contributed by atoms with Crippen molar-refractivity contribution in [3.05, 3.63) is 59.7 Å². The number of aromatic nitrogens is 3. The molecule has 1 saturated heterocycles. The lowest BCUT2D eigenvalue weighted by Crippen LogP contribution is -2.41. The van der Waals surface area contributed by atoms with E-state index in [9.17, 15) is 4.79 Å². The van der Waals surface area contributed by atoms with Gasteiger partial charge in [-0.1, -0.05) is 6.07 Å². The number of hydrogen-bond acceptors (Lipinski definition) is 4. The van der Waals surface area contributed by atoms with E-state index in [1.807, 2.05) is 55.3 Å². The summed E-state index contributed by atoms with van der Waals surface area (Å²) in [5.41, 5.74) is 5.27. The Labute approximate surface area is 158 Å². The summed E-state index contributed by atoms with van der Waals surface area (Å²) < 4.78 is 0. The number of nitrogens with zero attached hydrogens (tertiary/aromatic N) is 4. The number of carbonyl (C=O) groups is 1. The van der Waals surface area contributed by atoms with Gasteiger partial charge in [0, 0.05) is 24.6 Å². The molecular weight excluding hydrogens is 338 g/mol. The third-order valence-electron chi connectivity index (χ3n) is 5.16. The average molecular weight is 361 g/mol. The average Bonchev–Trinajstić information content (AvgIpc) is 2.70. The van der Waals surface area contributed by atoms with Gasteiger partial charge in [-0.3, -0.25) is 4.98 Å². The Morgan fingerprint density at radius 3 is 2.70 bits per heavy atom. The first-order valence-electron chi connectivity index (χ1n) is 9.34. The number of carbonyl (C=O) groups excluding carboxylic acids is 1. The number of urea groups is 1. The van der Waals surface area contributed by atoms with Crippen LogP contribution in [0, 0.1) is 13.8 Å². The molecule has 27 heavy (non-hydrogen) atoms. The highest BCUT2D eigenvalue weighted by atomic mass is 16.2. The monoisotopic (exact) mass is 361 g/mol. The molecule has 1 aromatic carbocycles. The standard InChI is InChI=1S/C21H23N5O/c1-14-15(2)24-19-12-17(8-9-18(19)23-14)25-21(27)26-11-4-3-7-20(26)16-6-5-10-22-13-16/h5-6,8-10,12-13,20H,3-4,7,11H2,1-2H3,(H,25,27)/t20-/m0/s1. The number of pyridine rings is 1. The molecule has 3 aromatic rings. The van der Waals surface area contributed by atoms with Crippen LogP contribution in [0.5, 0.6) is 0 Å². The summed E-state index contributed by atoms with van der Waals surface area (Å²) in [6.07, 6.45) is 6.71. The fourth-order valence-corrected chi connectivity index (χ4v) is 3.60. The minimum absolute atomic E-state index is 0.0672. The van der Waals surface area contributed by atoms with Crippen LogP contribution in [-0.2, 0) is 0 Å². The molecule has 4 rings (SSSR count). The van der Waals surface area contributed by atoms with Gasteiger partial charge < -0.3 is 10.2 Å². The number of hydrogen-bond donors (Lipinski definition) is 1. The second kappa shape index (κ2) is 7.31. The fourth-order valence-electron chi connectivity index (χ4n) is 3.60. The minimum atomic E-state index is -0.0836. The highest BCUT2D eigenvalue weighted by Crippen LogP contribution is 2.31. The summed E-state index contributed by atoms with van der Waals surface area (Å²) >= 11 is 0. The van der Waals surface area contributed by atoms with Gasteiger partial charge in [-0.2, -0.15) is 0 Å². The molecule has 0 saturated carbocycles. The molecule has 1 atom stereocenters. The van der Waals surface area contributed by atoms with Gasteiger partial charge in [-0.25, -0.2) is 14.8 Å². The van der Waals surface area contributed by atoms with E-state index in [0.717, 1.165) is 59.5 Å². The van der Waals surface area contributed by atoms with E-state index in [4.69, 9.17) is 0 Å². The zero-order chi connectivity index (χ0) is 18.8. The topological polar surface area (TPSA) is 71.0 Å². The number of fused-ring (bicyclic) bond motifs is 1. The summed E-state index contributed by atoms with van der Waals surface area (Å²) in [7, 11) is 0. The first-order chi connectivity index (χ1) is 13.1. The molecule has 3 heterocycles. The number of rotatable bonds is 2. The maximum atomic E-state index is 13.0. The van der Waals surface area contributed by atoms with Crippen molar-refractivity contribution in [3.63, 3.8) is 0 Å². The molecule has 0 unspecified atom stereocenters. The van der Waals surface area contributed by atoms with E-state index in [1.54, 1.807) is 6.20 Å². The fraction of sp³-hybridized carbons (Fsp3) is 0.333. The smallest absolute Gasteiger partial charge is 0.317 e. The van der Waals surface area contributed by atoms with E-state index in [1.165, 1.54) is 0 Å². The number of anilines is 1. The van der Waals surface area contributed by atoms with Crippen molar-refractivity contribution in [3.8, 4) is 0 Å². The van der Waals surface area contributed by atoms with E-state index in [-0.39, 0.29) is 12.1 Å². The number of likely N-dealkylation sites (tertiary alicyclic amines) is 1. The summed E-state index contributed by atoms with van der Waals surface area (Å²) in [6, 6.07) is 9.62. The largest absolute Gasteiger partial charge is 0.322 e. The number of nitrogens with one attached hydrogen (secondary N) is 1. The highest BCUT2D eigenvalue weighted by Gasteiger charge is 2.28. The number of amides is 2. The van der Waals surface area contributed by atoms with Crippen molar-refractivity contribution in [2.45, 2.75) is 39.2 Å². The molecule has 138 valence electrons. The Balaban J connectivity index is 1.57. The molecule has 0 spiro atoms. The van der Waals surface area contributed by atoms with E-state index in [2.05, 4.69) is 20.3 Å². The Morgan fingerprint density at radius 2 is 1.93 bits per heavy atom. The number of benzene rings is 1. The minimum Gasteiger partial charge on any atom is -0.317 e. The molecule has 1 aliphatic rings. The maximum absolute atomic E-state index is 13.0. The van der Waals surface area contributed by atoms with Crippen molar-refractivity contribution in [1.29, 1.82) is 0 Å². The molecule has 1 aliphatic heterocycles. The Bertz CT molecular complexity index is 973. The van der Waals surface area contributed by atoms with Crippen LogP contribution in [0.2, 0.25) is 0 Å². The second-order valence-electron chi connectivity index (χ2n) is 7.02. The van der Waals surface area contributed by atoms with Crippen molar-refractivity contribution in [2.75, 3.05) is 11.9 Å². The van der Waals surface area contributed by atoms with E-state index < -0.39 is 0 Å². The highest BCUT2D eigenvalue weighted by molar-refractivity contribution is 5.92. The zero-order valence-corrected chi connectivity index (χ0v) is 15.6. The van der Waals surface area contributed by atoms with Crippen LogP contribution < -0.4 is 5.32 Å². The summed E-state index contributed by atoms with van der Waals surface area (Å²) in [6.45, 7) is 4.64. The molecule has 0 aliphatic carbocycles. The number of aryl methyl sites for hydroxylation is 2. The van der Waals surface area contributed by atoms with Gasteiger partial charge in [-0.05, 0) is 62.9 Å². The third kappa shape index (κ3) is 3.60. The van der Waals surface area contributed by atoms with Crippen LogP contribution in [0.15, 0.2) is 42.7 Å². The molecule has 0 bridgehead atoms. The lowest BCUT2D eigenvalue weighted by molar-refractivity contribution is 0.163. The van der Waals surface area contributed by atoms with Crippen LogP contribution in [0.1, 0.15) is 42.3 Å². The number of piperidine rings is 1. The second-order valence-corrected chi connectivity index (χ2v) is 7.02. The molecule has 6 nitrogen and oxygen atoms in total. The van der Waals surface area contributed by atoms with Gasteiger partial charge >= 0.3 is 6.03 Å². The SMILES string of the molecule is Cc1nc2ccc(NC(=O)N3CCCC[C@H]3c3cccnc3)cc2nc1C. The maximum Gasteiger partial charge on any atom is 0.322 e. The van der Waals surface area contributed by atoms with Gasteiger partial charge in [0.25, 0.3) is 0 Å². The first-order valence-corrected chi connectivity index (χ1v) is 9.34. The summed E-state index contributed by atoms with van der Waals surface area (Å²) in [4.78, 5) is 28.2. The zero-order valence-electron chi connectivity index (χ0n) is 15.6. The first kappa shape index (κ1) is 17.4. The van der Waals surface area contributed by atoms with Crippen LogP contribution in [0.25, 0.3) is 11.0 Å². The molecule has 1 N–H and O–H groups in total. The van der Waals surface area contributed by atoms with Crippen molar-refractivity contribution in [1.82, 2.24) is 19.9 Å². The van der Waals surface area contributed by atoms with Crippen molar-refractivity contribution in [2.24, 2.45) is 0 Å². The molecule has 1 fully saturated rings. The third-order valence-corrected chi connectivity index (χ3v) is 5.16. The molecule has 0 radical (unpaired) electrons. The normalized spacial score (nSPS) is 17.1. The molecule has 6 heteroatoms. The summed E-state index contributed by atoms with van der Waals surface area (Å²) in [5, 5.41) is 3.04. The summed E-state index contributed by atoms with van der Waals surface area (Å²) in [5.74, 6) is 0. The van der Waals surface area contributed by atoms with Crippen molar-refractivity contribution >= 4 is 22.8 Å². The molecular formula is C21H23N5O. The van der Waals surface area contributed by atoms with Crippen LogP contribution in [-0.4, -0.2) is 32.4 Å². The van der Waals surface area contributed by atoms with Gasteiger partial charge in [0.05, 0.1) is 28.5 Å². The molecule has 2 amide bonds. The predicted molar refractivity (Wildman–Crippen MR) is 106 cm³/mol. The van der Waals surface area contributed by atoms with Gasteiger partial charge in [0.15, 0.2) is 0 Å². The van der Waals surface area contributed by atoms with E-state index >= 15 is 0 Å². The quantitative estimate of drug-likeness (QED) is 0.734. The van der Waals surface area contributed by atoms with Gasteiger partial charge in [0.1, 0.15) is 0 Å². The van der Waals surface area contributed by atoms with Crippen LogP contribution in [0.3, 0.4) is 0 Å². The van der Waals surface area contributed by atoms with Gasteiger partial charge in [-0.15, -0.1) is 0 Å². The lowest BCUT2D eigenvalue weighted by atomic mass is 9.97. The Hall–Kier alpha value is -3.02.